The molecule has 0 saturated carbocycles. The lowest BCUT2D eigenvalue weighted by Gasteiger charge is -2.40. The van der Waals surface area contributed by atoms with Gasteiger partial charge in [0.2, 0.25) is 5.95 Å². The molecule has 1 unspecified atom stereocenters. The largest absolute Gasteiger partial charge is 0.495 e. The molecule has 3 N–H and O–H groups in total. The summed E-state index contributed by atoms with van der Waals surface area (Å²) in [5.41, 5.74) is 5.08. The number of rotatable bonds is 8. The number of anilines is 4. The number of benzene rings is 2. The number of nitrogens with zero attached hydrogens (tertiary/aromatic N) is 6. The van der Waals surface area contributed by atoms with Gasteiger partial charge in [-0.1, -0.05) is 0 Å². The Hall–Kier alpha value is -3.90. The molecule has 1 fully saturated rings. The first kappa shape index (κ1) is 31.1. The van der Waals surface area contributed by atoms with Gasteiger partial charge in [-0.05, 0) is 78.5 Å². The van der Waals surface area contributed by atoms with Crippen LogP contribution in [0.15, 0.2) is 59.7 Å². The molecule has 6 rings (SSSR count). The summed E-state index contributed by atoms with van der Waals surface area (Å²) in [7, 11) is 0.764. The van der Waals surface area contributed by atoms with E-state index in [-0.39, 0.29) is 6.04 Å². The molecule has 234 valence electrons. The van der Waals surface area contributed by atoms with Gasteiger partial charge in [-0.3, -0.25) is 14.6 Å². The number of halogens is 1. The Labute approximate surface area is 269 Å². The van der Waals surface area contributed by atoms with Crippen molar-refractivity contribution < 1.29 is 14.0 Å². The first-order chi connectivity index (χ1) is 21.4. The maximum absolute atomic E-state index is 13.4. The number of aryl methyl sites for hydroxylation is 1. The predicted octanol–water partition coefficient (Wildman–Crippen LogP) is 5.77. The van der Waals surface area contributed by atoms with Gasteiger partial charge in [0, 0.05) is 43.9 Å². The number of aromatic nitrogens is 6. The van der Waals surface area contributed by atoms with Crippen LogP contribution >= 0.6 is 23.1 Å². The smallest absolute Gasteiger partial charge is 0.229 e. The molecule has 1 aliphatic rings. The van der Waals surface area contributed by atoms with Crippen molar-refractivity contribution >= 4 is 62.6 Å². The molecule has 0 spiro atoms. The zero-order chi connectivity index (χ0) is 31.9. The molecule has 1 aliphatic heterocycles. The van der Waals surface area contributed by atoms with Crippen LogP contribution in [0.5, 0.6) is 5.75 Å². The Bertz CT molecular complexity index is 1940. The molecule has 45 heavy (non-hydrogen) atoms. The minimum absolute atomic E-state index is 0.0851. The van der Waals surface area contributed by atoms with Crippen LogP contribution in [0.25, 0.3) is 22.2 Å². The maximum atomic E-state index is 13.4. The molecule has 0 radical (unpaired) electrons. The van der Waals surface area contributed by atoms with Crippen LogP contribution in [0.1, 0.15) is 25.5 Å². The van der Waals surface area contributed by atoms with E-state index in [0.717, 1.165) is 23.2 Å². The maximum Gasteiger partial charge on any atom is 0.229 e. The van der Waals surface area contributed by atoms with Crippen molar-refractivity contribution in [3.8, 4) is 16.9 Å². The number of hydrogen-bond acceptors (Lipinski definition) is 11. The molecule has 1 saturated heterocycles. The molecule has 0 aliphatic carbocycles. The predicted molar refractivity (Wildman–Crippen MR) is 181 cm³/mol. The van der Waals surface area contributed by atoms with E-state index in [0.29, 0.717) is 56.3 Å². The summed E-state index contributed by atoms with van der Waals surface area (Å²) < 4.78 is 27.9. The standard InChI is InChI=1S/C31H35BrN9O3P/c1-31(2)28(35-11-12-44-31)20-14-25(43-4)24(13-19(20)18-15-37-41(3)17-18)39-30-36-16-21(32)29(40-30)38-23-8-7-22-26(34-10-9-33-22)27(23)45(5,6)42/h7-10,13-17,28,35H,11-12H2,1-6H3,(H2,36,38,39,40). The van der Waals surface area contributed by atoms with Gasteiger partial charge in [-0.15, -0.1) is 0 Å². The van der Waals surface area contributed by atoms with Crippen LogP contribution in [0.4, 0.5) is 23.1 Å². The van der Waals surface area contributed by atoms with Crippen molar-refractivity contribution in [3.63, 3.8) is 0 Å². The number of morpholine rings is 1. The molecular weight excluding hydrogens is 657 g/mol. The van der Waals surface area contributed by atoms with Crippen LogP contribution in [-0.4, -0.2) is 68.9 Å². The quantitative estimate of drug-likeness (QED) is 0.171. The lowest BCUT2D eigenvalue weighted by molar-refractivity contribution is -0.0721. The van der Waals surface area contributed by atoms with E-state index in [1.165, 1.54) is 0 Å². The van der Waals surface area contributed by atoms with Crippen LogP contribution in [-0.2, 0) is 16.3 Å². The van der Waals surface area contributed by atoms with Crippen LogP contribution in [0.3, 0.4) is 0 Å². The summed E-state index contributed by atoms with van der Waals surface area (Å²) in [4.78, 5) is 18.2. The van der Waals surface area contributed by atoms with E-state index in [1.807, 2.05) is 43.7 Å². The average Bonchev–Trinajstić information content (AvgIpc) is 3.43. The first-order valence-electron chi connectivity index (χ1n) is 14.4. The van der Waals surface area contributed by atoms with Crippen molar-refractivity contribution in [1.29, 1.82) is 0 Å². The average molecular weight is 693 g/mol. The zero-order valence-electron chi connectivity index (χ0n) is 25.9. The SMILES string of the molecule is COc1cc(C2NCCOC2(C)C)c(-c2cnn(C)c2)cc1Nc1ncc(Br)c(Nc2ccc3nccnc3c2P(C)(C)=O)n1. The van der Waals surface area contributed by atoms with E-state index in [4.69, 9.17) is 14.5 Å². The fraction of sp³-hybridized carbons (Fsp3) is 0.323. The van der Waals surface area contributed by atoms with Crippen molar-refractivity contribution in [1.82, 2.24) is 35.0 Å². The highest BCUT2D eigenvalue weighted by molar-refractivity contribution is 9.10. The molecule has 5 aromatic rings. The molecule has 3 aromatic heterocycles. The van der Waals surface area contributed by atoms with E-state index < -0.39 is 12.7 Å². The third-order valence-electron chi connectivity index (χ3n) is 7.71. The van der Waals surface area contributed by atoms with Crippen molar-refractivity contribution in [2.75, 3.05) is 44.2 Å². The number of ether oxygens (including phenoxy) is 2. The van der Waals surface area contributed by atoms with Gasteiger partial charge < -0.3 is 30.0 Å². The van der Waals surface area contributed by atoms with Gasteiger partial charge in [-0.2, -0.15) is 10.1 Å². The molecule has 2 aromatic carbocycles. The molecular formula is C31H35BrN9O3P. The number of hydrogen-bond donors (Lipinski definition) is 3. The second-order valence-corrected chi connectivity index (χ2v) is 15.8. The third-order valence-corrected chi connectivity index (χ3v) is 9.82. The summed E-state index contributed by atoms with van der Waals surface area (Å²) in [6.45, 7) is 8.99. The first-order valence-corrected chi connectivity index (χ1v) is 17.8. The lowest BCUT2D eigenvalue weighted by Crippen LogP contribution is -2.48. The van der Waals surface area contributed by atoms with Crippen LogP contribution in [0.2, 0.25) is 0 Å². The fourth-order valence-corrected chi connectivity index (χ4v) is 7.36. The zero-order valence-corrected chi connectivity index (χ0v) is 28.4. The number of nitrogens with one attached hydrogen (secondary N) is 3. The van der Waals surface area contributed by atoms with Crippen LogP contribution < -0.4 is 26.0 Å². The molecule has 0 bridgehead atoms. The highest BCUT2D eigenvalue weighted by Crippen LogP contribution is 2.43. The topological polar surface area (TPSA) is 141 Å². The molecule has 0 amide bonds. The lowest BCUT2D eigenvalue weighted by atomic mass is 9.85. The summed E-state index contributed by atoms with van der Waals surface area (Å²) >= 11 is 3.57. The summed E-state index contributed by atoms with van der Waals surface area (Å²) in [6.07, 6.45) is 8.70. The molecule has 12 nitrogen and oxygen atoms in total. The van der Waals surface area contributed by atoms with Gasteiger partial charge in [0.1, 0.15) is 24.2 Å². The van der Waals surface area contributed by atoms with Gasteiger partial charge in [0.15, 0.2) is 0 Å². The summed E-state index contributed by atoms with van der Waals surface area (Å²) in [6, 6.07) is 7.66. The van der Waals surface area contributed by atoms with Gasteiger partial charge in [0.05, 0.1) is 58.2 Å². The monoisotopic (exact) mass is 691 g/mol. The minimum atomic E-state index is -2.77. The van der Waals surface area contributed by atoms with Gasteiger partial charge >= 0.3 is 0 Å². The van der Waals surface area contributed by atoms with Crippen molar-refractivity contribution in [3.05, 3.63) is 65.3 Å². The Balaban J connectivity index is 1.40. The number of fused-ring (bicyclic) bond motifs is 1. The Morgan fingerprint density at radius 1 is 1.11 bits per heavy atom. The summed E-state index contributed by atoms with van der Waals surface area (Å²) in [5, 5.41) is 15.4. The molecule has 14 heteroatoms. The molecule has 4 heterocycles. The van der Waals surface area contributed by atoms with Crippen molar-refractivity contribution in [2.24, 2.45) is 7.05 Å². The van der Waals surface area contributed by atoms with E-state index >= 15 is 0 Å². The van der Waals surface area contributed by atoms with Crippen LogP contribution in [0, 0.1) is 0 Å². The normalized spacial score (nSPS) is 16.5. The minimum Gasteiger partial charge on any atom is -0.495 e. The second kappa shape index (κ2) is 12.1. The Morgan fingerprint density at radius 2 is 1.91 bits per heavy atom. The fourth-order valence-electron chi connectivity index (χ4n) is 5.67. The second-order valence-electron chi connectivity index (χ2n) is 11.8. The highest BCUT2D eigenvalue weighted by atomic mass is 79.9. The molecule has 1 atom stereocenters. The van der Waals surface area contributed by atoms with Gasteiger partial charge in [0.25, 0.3) is 0 Å². The Morgan fingerprint density at radius 3 is 2.62 bits per heavy atom. The third kappa shape index (κ3) is 6.30. The summed E-state index contributed by atoms with van der Waals surface area (Å²) in [5.74, 6) is 1.44. The highest BCUT2D eigenvalue weighted by Gasteiger charge is 2.36. The van der Waals surface area contributed by atoms with E-state index in [9.17, 15) is 4.57 Å². The van der Waals surface area contributed by atoms with E-state index in [1.54, 1.807) is 43.7 Å². The number of methoxy groups -OCH3 is 1. The van der Waals surface area contributed by atoms with E-state index in [2.05, 4.69) is 65.8 Å². The van der Waals surface area contributed by atoms with Crippen molar-refractivity contribution in [2.45, 2.75) is 25.5 Å². The van der Waals surface area contributed by atoms with Gasteiger partial charge in [-0.25, -0.2) is 4.98 Å². The Kier molecular flexibility index (Phi) is 8.38.